The van der Waals surface area contributed by atoms with Gasteiger partial charge in [-0.15, -0.1) is 0 Å². The summed E-state index contributed by atoms with van der Waals surface area (Å²) >= 11 is 0. The quantitative estimate of drug-likeness (QED) is 0.521. The first-order valence-corrected chi connectivity index (χ1v) is 4.90. The van der Waals surface area contributed by atoms with Gasteiger partial charge in [-0.2, -0.15) is 0 Å². The first-order chi connectivity index (χ1) is 4.55. The van der Waals surface area contributed by atoms with E-state index in [1.165, 1.54) is 15.8 Å². The first-order valence-electron chi connectivity index (χ1n) is 3.90. The van der Waals surface area contributed by atoms with Gasteiger partial charge in [0, 0.05) is 32.0 Å². The van der Waals surface area contributed by atoms with Crippen LogP contribution in [0.2, 0.25) is 0 Å². The summed E-state index contributed by atoms with van der Waals surface area (Å²) in [5.74, 6) is 0.756. The summed E-state index contributed by atoms with van der Waals surface area (Å²) in [7, 11) is 1.23. The number of allylic oxidation sites excluding steroid dienone is 4. The summed E-state index contributed by atoms with van der Waals surface area (Å²) in [6, 6.07) is 0. The van der Waals surface area contributed by atoms with Crippen LogP contribution in [0.1, 0.15) is 27.7 Å². The van der Waals surface area contributed by atoms with Crippen molar-refractivity contribution in [3.05, 3.63) is 21.9 Å². The Balaban J connectivity index is 0.000001000. The third-order valence-corrected chi connectivity index (χ3v) is 4.66. The van der Waals surface area contributed by atoms with Crippen LogP contribution in [-0.2, 0) is 21.7 Å². The fourth-order valence-corrected chi connectivity index (χ4v) is 2.37. The number of hydrogen-bond donors (Lipinski definition) is 0. The molecule has 0 nitrogen and oxygen atoms in total. The van der Waals surface area contributed by atoms with Crippen LogP contribution in [0, 0.1) is 5.92 Å². The van der Waals surface area contributed by atoms with Crippen LogP contribution in [0.3, 0.4) is 0 Å². The molecule has 0 saturated heterocycles. The second kappa shape index (κ2) is 3.88. The fraction of sp³-hybridized carbons (Fsp3) is 0.556. The molecular weight excluding hydrogens is 184 g/mol. The van der Waals surface area contributed by atoms with E-state index in [1.54, 1.807) is 16.3 Å². The molecule has 1 aliphatic carbocycles. The van der Waals surface area contributed by atoms with E-state index in [4.69, 9.17) is 0 Å². The van der Waals surface area contributed by atoms with E-state index in [0.29, 0.717) is 0 Å². The largest absolute Gasteiger partial charge is 0.0819 e. The van der Waals surface area contributed by atoms with Gasteiger partial charge in [0.15, 0.2) is 0 Å². The van der Waals surface area contributed by atoms with Gasteiger partial charge in [0.2, 0.25) is 0 Å². The van der Waals surface area contributed by atoms with E-state index in [2.05, 4.69) is 27.7 Å². The minimum absolute atomic E-state index is 0. The van der Waals surface area contributed by atoms with E-state index in [9.17, 15) is 0 Å². The van der Waals surface area contributed by atoms with Crippen molar-refractivity contribution >= 4 is 10.2 Å². The van der Waals surface area contributed by atoms with E-state index in [-0.39, 0.29) is 21.7 Å². The minimum Gasteiger partial charge on any atom is -0.0819 e. The van der Waals surface area contributed by atoms with Crippen molar-refractivity contribution in [1.82, 2.24) is 0 Å². The molecule has 0 radical (unpaired) electrons. The number of hydrogen-bond acceptors (Lipinski definition) is 0. The zero-order valence-electron chi connectivity index (χ0n) is 8.08. The average Bonchev–Trinajstić information content (AvgIpc) is 2.07. The summed E-state index contributed by atoms with van der Waals surface area (Å²) < 4.78 is 0. The van der Waals surface area contributed by atoms with Gasteiger partial charge in [-0.05, 0) is 32.3 Å². The molecule has 1 aliphatic rings. The molecule has 11 heavy (non-hydrogen) atoms. The molecule has 60 valence electrons. The zero-order chi connectivity index (χ0) is 7.89. The predicted octanol–water partition coefficient (Wildman–Crippen LogP) is 1.61. The van der Waals surface area contributed by atoms with Crippen LogP contribution in [0.5, 0.6) is 0 Å². The van der Waals surface area contributed by atoms with Gasteiger partial charge in [0.25, 0.3) is 0 Å². The molecule has 0 bridgehead atoms. The molecule has 0 aromatic carbocycles. The summed E-state index contributed by atoms with van der Waals surface area (Å²) in [6.07, 6.45) is 0. The smallest absolute Gasteiger partial charge is 0.0344 e. The predicted molar refractivity (Wildman–Crippen MR) is 50.2 cm³/mol. The van der Waals surface area contributed by atoms with Crippen molar-refractivity contribution < 1.29 is 21.7 Å². The first kappa shape index (κ1) is 11.4. The van der Waals surface area contributed by atoms with Crippen LogP contribution >= 0.6 is 0 Å². The van der Waals surface area contributed by atoms with Crippen molar-refractivity contribution in [3.63, 3.8) is 0 Å². The molecule has 0 heterocycles. The van der Waals surface area contributed by atoms with Crippen molar-refractivity contribution in [2.24, 2.45) is 5.92 Å². The molecule has 0 saturated carbocycles. The van der Waals surface area contributed by atoms with Crippen molar-refractivity contribution in [1.29, 1.82) is 0 Å². The third kappa shape index (κ3) is 1.77. The van der Waals surface area contributed by atoms with Gasteiger partial charge < -0.3 is 0 Å². The topological polar surface area (TPSA) is 0 Å². The summed E-state index contributed by atoms with van der Waals surface area (Å²) in [5.41, 5.74) is 4.69. The second-order valence-electron chi connectivity index (χ2n) is 3.34. The Kier molecular flexibility index (Phi) is 4.03. The van der Waals surface area contributed by atoms with Gasteiger partial charge in [-0.1, -0.05) is 23.3 Å². The summed E-state index contributed by atoms with van der Waals surface area (Å²) in [5, 5.41) is 1.69. The Morgan fingerprint density at radius 3 is 1.64 bits per heavy atom. The molecule has 0 aromatic heterocycles. The molecule has 0 amide bonds. The van der Waals surface area contributed by atoms with E-state index >= 15 is 0 Å². The molecule has 1 unspecified atom stereocenters. The van der Waals surface area contributed by atoms with Gasteiger partial charge in [0.1, 0.15) is 0 Å². The average molecular weight is 200 g/mol. The standard InChI is InChI=1S/C9H16Si.Ti/c1-5-6(2)8(4)9(10)7(5)3;/h7H,1-4,10H3;. The molecule has 1 atom stereocenters. The second-order valence-corrected chi connectivity index (χ2v) is 4.42. The van der Waals surface area contributed by atoms with Gasteiger partial charge in [0.05, 0.1) is 0 Å². The Bertz CT molecular complexity index is 202. The zero-order valence-corrected chi connectivity index (χ0v) is 11.6. The van der Waals surface area contributed by atoms with Gasteiger partial charge >= 0.3 is 0 Å². The molecule has 0 N–H and O–H groups in total. The molecular formula is C9H16SiTi. The van der Waals surface area contributed by atoms with Crippen LogP contribution in [0.4, 0.5) is 0 Å². The number of rotatable bonds is 0. The Hall–Kier alpha value is 0.411. The maximum absolute atomic E-state index is 2.32. The minimum atomic E-state index is 0. The van der Waals surface area contributed by atoms with Crippen LogP contribution in [0.15, 0.2) is 21.9 Å². The van der Waals surface area contributed by atoms with E-state index in [1.807, 2.05) is 0 Å². The molecule has 0 fully saturated rings. The molecule has 2 heteroatoms. The molecule has 0 aromatic rings. The monoisotopic (exact) mass is 200 g/mol. The maximum atomic E-state index is 2.32. The summed E-state index contributed by atoms with van der Waals surface area (Å²) in [6.45, 7) is 9.07. The maximum Gasteiger partial charge on any atom is 0.0344 e. The van der Waals surface area contributed by atoms with Crippen LogP contribution in [0.25, 0.3) is 0 Å². The van der Waals surface area contributed by atoms with Crippen molar-refractivity contribution in [2.45, 2.75) is 27.7 Å². The van der Waals surface area contributed by atoms with Gasteiger partial charge in [-0.3, -0.25) is 0 Å². The Morgan fingerprint density at radius 2 is 1.55 bits per heavy atom. The van der Waals surface area contributed by atoms with Crippen molar-refractivity contribution in [2.75, 3.05) is 0 Å². The van der Waals surface area contributed by atoms with Crippen LogP contribution in [-0.4, -0.2) is 10.2 Å². The van der Waals surface area contributed by atoms with E-state index in [0.717, 1.165) is 5.92 Å². The molecule has 0 spiro atoms. The Labute approximate surface area is 87.5 Å². The van der Waals surface area contributed by atoms with Crippen molar-refractivity contribution in [3.8, 4) is 0 Å². The van der Waals surface area contributed by atoms with Gasteiger partial charge in [-0.25, -0.2) is 0 Å². The van der Waals surface area contributed by atoms with E-state index < -0.39 is 0 Å². The molecule has 1 rings (SSSR count). The SMILES string of the molecule is CC1=C(C)C(C)C([SiH3])=C1C.[Ti]. The fourth-order valence-electron chi connectivity index (χ4n) is 1.57. The summed E-state index contributed by atoms with van der Waals surface area (Å²) in [4.78, 5) is 0. The Morgan fingerprint density at radius 1 is 1.09 bits per heavy atom. The normalized spacial score (nSPS) is 24.5. The molecule has 0 aliphatic heterocycles. The third-order valence-electron chi connectivity index (χ3n) is 3.04. The van der Waals surface area contributed by atoms with Crippen LogP contribution < -0.4 is 0 Å².